The maximum Gasteiger partial charge on any atom is 0.149 e. The highest BCUT2D eigenvalue weighted by Gasteiger charge is 2.10. The van der Waals surface area contributed by atoms with Crippen molar-refractivity contribution in [1.82, 2.24) is 20.1 Å². The molecule has 0 saturated carbocycles. The molecule has 1 aromatic carbocycles. The van der Waals surface area contributed by atoms with Crippen LogP contribution in [-0.4, -0.2) is 14.8 Å². The second kappa shape index (κ2) is 5.78. The van der Waals surface area contributed by atoms with Crippen LogP contribution < -0.4 is 5.32 Å². The van der Waals surface area contributed by atoms with Gasteiger partial charge < -0.3 is 9.88 Å². The maximum absolute atomic E-state index is 4.11. The van der Waals surface area contributed by atoms with Gasteiger partial charge in [-0.3, -0.25) is 0 Å². The molecule has 0 aliphatic rings. The molecule has 0 aliphatic carbocycles. The average molecular weight is 244 g/mol. The third-order valence-electron chi connectivity index (χ3n) is 3.18. The predicted molar refractivity (Wildman–Crippen MR) is 72.1 cm³/mol. The SMILES string of the molecule is CCc1ccc(CNC(C)c2nncn2C)cc1. The number of nitrogens with zero attached hydrogens (tertiary/aromatic N) is 3. The van der Waals surface area contributed by atoms with Gasteiger partial charge in [0, 0.05) is 13.6 Å². The zero-order valence-corrected chi connectivity index (χ0v) is 11.2. The minimum Gasteiger partial charge on any atom is -0.319 e. The Morgan fingerprint density at radius 2 is 1.89 bits per heavy atom. The van der Waals surface area contributed by atoms with E-state index in [-0.39, 0.29) is 6.04 Å². The van der Waals surface area contributed by atoms with E-state index in [4.69, 9.17) is 0 Å². The van der Waals surface area contributed by atoms with Crippen molar-refractivity contribution in [3.8, 4) is 0 Å². The fourth-order valence-corrected chi connectivity index (χ4v) is 1.94. The molecule has 1 atom stereocenters. The third kappa shape index (κ3) is 2.96. The van der Waals surface area contributed by atoms with Gasteiger partial charge >= 0.3 is 0 Å². The minimum absolute atomic E-state index is 0.198. The van der Waals surface area contributed by atoms with Crippen LogP contribution in [-0.2, 0) is 20.0 Å². The summed E-state index contributed by atoms with van der Waals surface area (Å²) in [4.78, 5) is 0. The zero-order chi connectivity index (χ0) is 13.0. The summed E-state index contributed by atoms with van der Waals surface area (Å²) in [6.07, 6.45) is 2.81. The van der Waals surface area contributed by atoms with Crippen molar-refractivity contribution < 1.29 is 0 Å². The quantitative estimate of drug-likeness (QED) is 0.877. The van der Waals surface area contributed by atoms with Crippen LogP contribution in [0.15, 0.2) is 30.6 Å². The molecule has 0 saturated heterocycles. The second-order valence-electron chi connectivity index (χ2n) is 4.57. The summed E-state index contributed by atoms with van der Waals surface area (Å²) in [5.41, 5.74) is 2.67. The molecule has 1 unspecified atom stereocenters. The first-order chi connectivity index (χ1) is 8.70. The van der Waals surface area contributed by atoms with E-state index in [0.29, 0.717) is 0 Å². The Kier molecular flexibility index (Phi) is 4.10. The standard InChI is InChI=1S/C14H20N4/c1-4-12-5-7-13(8-6-12)9-15-11(2)14-17-16-10-18(14)3/h5-8,10-11,15H,4,9H2,1-3H3. The zero-order valence-electron chi connectivity index (χ0n) is 11.2. The van der Waals surface area contributed by atoms with Crippen molar-refractivity contribution in [3.63, 3.8) is 0 Å². The van der Waals surface area contributed by atoms with Gasteiger partial charge in [0.05, 0.1) is 6.04 Å². The summed E-state index contributed by atoms with van der Waals surface area (Å²) in [7, 11) is 1.96. The van der Waals surface area contributed by atoms with E-state index in [9.17, 15) is 0 Å². The predicted octanol–water partition coefficient (Wildman–Crippen LogP) is 2.23. The topological polar surface area (TPSA) is 42.7 Å². The van der Waals surface area contributed by atoms with E-state index < -0.39 is 0 Å². The molecule has 0 bridgehead atoms. The monoisotopic (exact) mass is 244 g/mol. The van der Waals surface area contributed by atoms with Crippen LogP contribution in [0.1, 0.15) is 36.8 Å². The lowest BCUT2D eigenvalue weighted by Crippen LogP contribution is -2.21. The fourth-order valence-electron chi connectivity index (χ4n) is 1.94. The molecular weight excluding hydrogens is 224 g/mol. The van der Waals surface area contributed by atoms with Crippen molar-refractivity contribution in [2.45, 2.75) is 32.9 Å². The number of rotatable bonds is 5. The summed E-state index contributed by atoms with van der Waals surface area (Å²) in [5.74, 6) is 0.958. The Balaban J connectivity index is 1.93. The molecule has 0 radical (unpaired) electrons. The largest absolute Gasteiger partial charge is 0.319 e. The molecule has 1 aromatic heterocycles. The molecule has 0 fully saturated rings. The Hall–Kier alpha value is -1.68. The van der Waals surface area contributed by atoms with Crippen LogP contribution in [0.5, 0.6) is 0 Å². The van der Waals surface area contributed by atoms with Gasteiger partial charge in [0.1, 0.15) is 12.2 Å². The van der Waals surface area contributed by atoms with Crippen LogP contribution in [0.25, 0.3) is 0 Å². The van der Waals surface area contributed by atoms with E-state index in [1.54, 1.807) is 6.33 Å². The third-order valence-corrected chi connectivity index (χ3v) is 3.18. The molecule has 1 heterocycles. The van der Waals surface area contributed by atoms with Gasteiger partial charge in [-0.15, -0.1) is 10.2 Å². The van der Waals surface area contributed by atoms with Gasteiger partial charge in [-0.1, -0.05) is 31.2 Å². The maximum atomic E-state index is 4.11. The number of hydrogen-bond acceptors (Lipinski definition) is 3. The first-order valence-electron chi connectivity index (χ1n) is 6.35. The van der Waals surface area contributed by atoms with Gasteiger partial charge in [0.15, 0.2) is 0 Å². The van der Waals surface area contributed by atoms with E-state index in [2.05, 4.69) is 53.6 Å². The van der Waals surface area contributed by atoms with Gasteiger partial charge in [0.2, 0.25) is 0 Å². The van der Waals surface area contributed by atoms with Crippen LogP contribution in [0.4, 0.5) is 0 Å². The van der Waals surface area contributed by atoms with Crippen molar-refractivity contribution in [3.05, 3.63) is 47.5 Å². The Labute approximate surface area is 108 Å². The van der Waals surface area contributed by atoms with E-state index in [0.717, 1.165) is 18.8 Å². The molecule has 4 heteroatoms. The lowest BCUT2D eigenvalue weighted by molar-refractivity contribution is 0.528. The fraction of sp³-hybridized carbons (Fsp3) is 0.429. The Morgan fingerprint density at radius 1 is 1.22 bits per heavy atom. The van der Waals surface area contributed by atoms with Crippen LogP contribution >= 0.6 is 0 Å². The average Bonchev–Trinajstić information content (AvgIpc) is 2.83. The summed E-state index contributed by atoms with van der Waals surface area (Å²) in [6.45, 7) is 5.12. The van der Waals surface area contributed by atoms with Gasteiger partial charge in [-0.2, -0.15) is 0 Å². The normalized spacial score (nSPS) is 12.6. The van der Waals surface area contributed by atoms with E-state index in [1.165, 1.54) is 11.1 Å². The number of aromatic nitrogens is 3. The molecule has 2 rings (SSSR count). The van der Waals surface area contributed by atoms with Gasteiger partial charge in [0.25, 0.3) is 0 Å². The molecular formula is C14H20N4. The molecule has 0 amide bonds. The highest BCUT2D eigenvalue weighted by Crippen LogP contribution is 2.10. The van der Waals surface area contributed by atoms with Crippen molar-refractivity contribution in [2.75, 3.05) is 0 Å². The lowest BCUT2D eigenvalue weighted by atomic mass is 10.1. The van der Waals surface area contributed by atoms with Crippen molar-refractivity contribution in [2.24, 2.45) is 7.05 Å². The summed E-state index contributed by atoms with van der Waals surface area (Å²) < 4.78 is 1.94. The van der Waals surface area contributed by atoms with Gasteiger partial charge in [-0.05, 0) is 24.5 Å². The molecule has 4 nitrogen and oxygen atoms in total. The molecule has 0 spiro atoms. The summed E-state index contributed by atoms with van der Waals surface area (Å²) >= 11 is 0. The highest BCUT2D eigenvalue weighted by atomic mass is 15.3. The van der Waals surface area contributed by atoms with Crippen LogP contribution in [0.2, 0.25) is 0 Å². The van der Waals surface area contributed by atoms with E-state index in [1.807, 2.05) is 11.6 Å². The lowest BCUT2D eigenvalue weighted by Gasteiger charge is -2.13. The molecule has 18 heavy (non-hydrogen) atoms. The first-order valence-corrected chi connectivity index (χ1v) is 6.35. The number of nitrogens with one attached hydrogen (secondary N) is 1. The summed E-state index contributed by atoms with van der Waals surface area (Å²) in [5, 5.41) is 11.5. The number of hydrogen-bond donors (Lipinski definition) is 1. The Morgan fingerprint density at radius 3 is 2.44 bits per heavy atom. The molecule has 0 aliphatic heterocycles. The van der Waals surface area contributed by atoms with Crippen molar-refractivity contribution in [1.29, 1.82) is 0 Å². The first kappa shape index (κ1) is 12.8. The smallest absolute Gasteiger partial charge is 0.149 e. The van der Waals surface area contributed by atoms with E-state index >= 15 is 0 Å². The second-order valence-corrected chi connectivity index (χ2v) is 4.57. The molecule has 96 valence electrons. The number of aryl methyl sites for hydroxylation is 2. The highest BCUT2D eigenvalue weighted by molar-refractivity contribution is 5.22. The number of benzene rings is 1. The minimum atomic E-state index is 0.198. The van der Waals surface area contributed by atoms with Crippen molar-refractivity contribution >= 4 is 0 Å². The van der Waals surface area contributed by atoms with Crippen LogP contribution in [0, 0.1) is 0 Å². The molecule has 1 N–H and O–H groups in total. The Bertz CT molecular complexity index is 487. The molecule has 2 aromatic rings. The van der Waals surface area contributed by atoms with Crippen LogP contribution in [0.3, 0.4) is 0 Å². The summed E-state index contributed by atoms with van der Waals surface area (Å²) in [6, 6.07) is 8.92. The van der Waals surface area contributed by atoms with Gasteiger partial charge in [-0.25, -0.2) is 0 Å².